The standard InChI is InChI=1S/C24H24F2N4O3/c1-12(2)21-19(13-6-7-24(3,23(31)32)33-11-13)20-18(8-14-10-27-29-22(14)28-20)30(21)15-4-5-16(25)17(26)9-15/h4-5,8-10,12-13H,6-7,11H2,1-3H3,(H,31,32)(H,27,28,29)/t13-,24+/m1/s1. The number of carboxylic acids is 1. The van der Waals surface area contributed by atoms with Crippen LogP contribution in [0, 0.1) is 11.6 Å². The molecule has 1 saturated heterocycles. The van der Waals surface area contributed by atoms with Gasteiger partial charge in [0.05, 0.1) is 23.8 Å². The molecule has 0 amide bonds. The van der Waals surface area contributed by atoms with Crippen molar-refractivity contribution in [3.8, 4) is 5.69 Å². The maximum absolute atomic E-state index is 14.2. The van der Waals surface area contributed by atoms with E-state index in [9.17, 15) is 18.7 Å². The summed E-state index contributed by atoms with van der Waals surface area (Å²) in [6, 6.07) is 5.78. The molecule has 1 fully saturated rings. The number of fused-ring (bicyclic) bond motifs is 2. The zero-order valence-corrected chi connectivity index (χ0v) is 18.5. The van der Waals surface area contributed by atoms with Gasteiger partial charge in [0, 0.05) is 34.3 Å². The Morgan fingerprint density at radius 2 is 2.09 bits per heavy atom. The molecule has 2 N–H and O–H groups in total. The van der Waals surface area contributed by atoms with E-state index in [-0.39, 0.29) is 18.4 Å². The lowest BCUT2D eigenvalue weighted by Crippen LogP contribution is -2.43. The van der Waals surface area contributed by atoms with Gasteiger partial charge in [-0.2, -0.15) is 5.10 Å². The Labute approximate surface area is 188 Å². The van der Waals surface area contributed by atoms with E-state index in [1.165, 1.54) is 6.07 Å². The topological polar surface area (TPSA) is 93.0 Å². The molecular formula is C24H24F2N4O3. The zero-order valence-electron chi connectivity index (χ0n) is 18.5. The predicted molar refractivity (Wildman–Crippen MR) is 119 cm³/mol. The first-order valence-corrected chi connectivity index (χ1v) is 10.9. The fourth-order valence-electron chi connectivity index (χ4n) is 4.77. The van der Waals surface area contributed by atoms with Crippen molar-refractivity contribution in [2.45, 2.75) is 51.0 Å². The summed E-state index contributed by atoms with van der Waals surface area (Å²) in [6.07, 6.45) is 2.62. The number of benzene rings is 1. The van der Waals surface area contributed by atoms with Crippen LogP contribution in [0.4, 0.5) is 8.78 Å². The monoisotopic (exact) mass is 454 g/mol. The number of aromatic nitrogens is 4. The third-order valence-corrected chi connectivity index (χ3v) is 6.56. The van der Waals surface area contributed by atoms with Gasteiger partial charge in [-0.3, -0.25) is 5.10 Å². The number of rotatable bonds is 4. The molecule has 0 radical (unpaired) electrons. The number of halogens is 2. The lowest BCUT2D eigenvalue weighted by atomic mass is 9.84. The van der Waals surface area contributed by atoms with Crippen LogP contribution < -0.4 is 0 Å². The van der Waals surface area contributed by atoms with Gasteiger partial charge in [0.1, 0.15) is 0 Å². The van der Waals surface area contributed by atoms with E-state index in [0.717, 1.165) is 28.2 Å². The highest BCUT2D eigenvalue weighted by atomic mass is 19.2. The van der Waals surface area contributed by atoms with Crippen molar-refractivity contribution < 1.29 is 23.4 Å². The van der Waals surface area contributed by atoms with Crippen LogP contribution in [0.25, 0.3) is 27.8 Å². The molecule has 1 aromatic carbocycles. The van der Waals surface area contributed by atoms with Crippen molar-refractivity contribution in [1.29, 1.82) is 0 Å². The van der Waals surface area contributed by atoms with Crippen LogP contribution in [-0.4, -0.2) is 43.0 Å². The number of hydrogen-bond donors (Lipinski definition) is 2. The Morgan fingerprint density at radius 1 is 1.30 bits per heavy atom. The number of nitrogens with zero attached hydrogens (tertiary/aromatic N) is 3. The van der Waals surface area contributed by atoms with Gasteiger partial charge in [0.15, 0.2) is 22.9 Å². The van der Waals surface area contributed by atoms with Crippen LogP contribution in [0.1, 0.15) is 56.7 Å². The van der Waals surface area contributed by atoms with Crippen molar-refractivity contribution in [3.63, 3.8) is 0 Å². The highest BCUT2D eigenvalue weighted by molar-refractivity contribution is 5.93. The number of aromatic amines is 1. The molecule has 0 spiro atoms. The number of H-pyrrole nitrogens is 1. The molecule has 1 aliphatic rings. The summed E-state index contributed by atoms with van der Waals surface area (Å²) in [4.78, 5) is 16.5. The van der Waals surface area contributed by atoms with Crippen molar-refractivity contribution in [2.75, 3.05) is 6.61 Å². The number of nitrogens with one attached hydrogen (secondary N) is 1. The van der Waals surface area contributed by atoms with Gasteiger partial charge in [-0.25, -0.2) is 18.6 Å². The second-order valence-corrected chi connectivity index (χ2v) is 9.13. The normalized spacial score (nSPS) is 21.3. The van der Waals surface area contributed by atoms with Gasteiger partial charge >= 0.3 is 5.97 Å². The smallest absolute Gasteiger partial charge is 0.335 e. The van der Waals surface area contributed by atoms with Gasteiger partial charge in [-0.1, -0.05) is 13.8 Å². The maximum atomic E-state index is 14.2. The molecule has 33 heavy (non-hydrogen) atoms. The van der Waals surface area contributed by atoms with Gasteiger partial charge < -0.3 is 14.4 Å². The van der Waals surface area contributed by atoms with Crippen LogP contribution >= 0.6 is 0 Å². The van der Waals surface area contributed by atoms with Gasteiger partial charge in [0.25, 0.3) is 0 Å². The first-order chi connectivity index (χ1) is 15.7. The molecule has 1 aliphatic heterocycles. The van der Waals surface area contributed by atoms with Crippen LogP contribution in [0.2, 0.25) is 0 Å². The van der Waals surface area contributed by atoms with E-state index in [1.807, 2.05) is 24.5 Å². The molecule has 0 bridgehead atoms. The Morgan fingerprint density at radius 3 is 2.73 bits per heavy atom. The lowest BCUT2D eigenvalue weighted by molar-refractivity contribution is -0.170. The molecule has 4 heterocycles. The molecule has 4 aromatic rings. The quantitative estimate of drug-likeness (QED) is 0.451. The van der Waals surface area contributed by atoms with E-state index in [0.29, 0.717) is 29.7 Å². The molecule has 9 heteroatoms. The van der Waals surface area contributed by atoms with Crippen molar-refractivity contribution in [1.82, 2.24) is 19.7 Å². The Bertz CT molecular complexity index is 1380. The summed E-state index contributed by atoms with van der Waals surface area (Å²) in [6.45, 7) is 5.88. The lowest BCUT2D eigenvalue weighted by Gasteiger charge is -2.35. The number of hydrogen-bond acceptors (Lipinski definition) is 4. The third kappa shape index (κ3) is 3.38. The van der Waals surface area contributed by atoms with E-state index in [4.69, 9.17) is 9.72 Å². The highest BCUT2D eigenvalue weighted by Gasteiger charge is 2.41. The fraction of sp³-hybridized carbons (Fsp3) is 0.375. The molecule has 0 aliphatic carbocycles. The van der Waals surface area contributed by atoms with Crippen LogP contribution in [-0.2, 0) is 9.53 Å². The zero-order chi connectivity index (χ0) is 23.5. The minimum absolute atomic E-state index is 0.0200. The van der Waals surface area contributed by atoms with E-state index in [2.05, 4.69) is 10.2 Å². The molecule has 3 aromatic heterocycles. The number of carbonyl (C=O) groups is 1. The van der Waals surface area contributed by atoms with E-state index in [1.54, 1.807) is 19.2 Å². The highest BCUT2D eigenvalue weighted by Crippen LogP contribution is 2.43. The SMILES string of the molecule is CC(C)c1c([C@@H]2CC[C@@](C)(C(=O)O)OC2)c2nc3[nH]ncc3cc2n1-c1ccc(F)c(F)c1. The second kappa shape index (κ2) is 7.62. The summed E-state index contributed by atoms with van der Waals surface area (Å²) in [5.74, 6) is -2.90. The van der Waals surface area contributed by atoms with E-state index >= 15 is 0 Å². The molecule has 5 rings (SSSR count). The maximum Gasteiger partial charge on any atom is 0.335 e. The predicted octanol–water partition coefficient (Wildman–Crippen LogP) is 5.04. The van der Waals surface area contributed by atoms with Gasteiger partial charge in [0.2, 0.25) is 0 Å². The molecule has 0 saturated carbocycles. The Balaban J connectivity index is 1.77. The molecule has 172 valence electrons. The average Bonchev–Trinajstić information content (AvgIpc) is 3.36. The second-order valence-electron chi connectivity index (χ2n) is 9.13. The first kappa shape index (κ1) is 21.5. The molecule has 7 nitrogen and oxygen atoms in total. The minimum atomic E-state index is -1.23. The summed E-state index contributed by atoms with van der Waals surface area (Å²) in [5.41, 5.74) is 3.20. The summed E-state index contributed by atoms with van der Waals surface area (Å²) in [5, 5.41) is 17.3. The van der Waals surface area contributed by atoms with Crippen molar-refractivity contribution >= 4 is 28.0 Å². The first-order valence-electron chi connectivity index (χ1n) is 10.9. The van der Waals surface area contributed by atoms with Crippen molar-refractivity contribution in [2.24, 2.45) is 0 Å². The number of carboxylic acid groups (broad SMARTS) is 1. The van der Waals surface area contributed by atoms with Gasteiger partial charge in [-0.15, -0.1) is 0 Å². The Hall–Kier alpha value is -3.33. The fourth-order valence-corrected chi connectivity index (χ4v) is 4.77. The van der Waals surface area contributed by atoms with Gasteiger partial charge in [-0.05, 0) is 43.9 Å². The van der Waals surface area contributed by atoms with E-state index < -0.39 is 23.2 Å². The van der Waals surface area contributed by atoms with Crippen LogP contribution in [0.3, 0.4) is 0 Å². The third-order valence-electron chi connectivity index (χ3n) is 6.56. The number of pyridine rings is 1. The number of aliphatic carboxylic acids is 1. The minimum Gasteiger partial charge on any atom is -0.479 e. The average molecular weight is 454 g/mol. The summed E-state index contributed by atoms with van der Waals surface area (Å²) in [7, 11) is 0. The molecular weight excluding hydrogens is 430 g/mol. The molecule has 0 unspecified atom stereocenters. The van der Waals surface area contributed by atoms with Crippen LogP contribution in [0.15, 0.2) is 30.5 Å². The Kier molecular flexibility index (Phi) is 4.97. The summed E-state index contributed by atoms with van der Waals surface area (Å²) >= 11 is 0. The van der Waals surface area contributed by atoms with Crippen molar-refractivity contribution in [3.05, 3.63) is 53.4 Å². The van der Waals surface area contributed by atoms with Crippen LogP contribution in [0.5, 0.6) is 0 Å². The number of ether oxygens (including phenoxy) is 1. The molecule has 2 atom stereocenters. The summed E-state index contributed by atoms with van der Waals surface area (Å²) < 4.78 is 35.7. The largest absolute Gasteiger partial charge is 0.479 e.